The molecule has 5 aromatic rings. The van der Waals surface area contributed by atoms with Gasteiger partial charge in [0, 0.05) is 17.1 Å². The van der Waals surface area contributed by atoms with Crippen LogP contribution in [0, 0.1) is 18.6 Å². The highest BCUT2D eigenvalue weighted by atomic mass is 32.1. The lowest BCUT2D eigenvalue weighted by Crippen LogP contribution is -2.23. The van der Waals surface area contributed by atoms with Gasteiger partial charge >= 0.3 is 0 Å². The van der Waals surface area contributed by atoms with Gasteiger partial charge in [-0.1, -0.05) is 0 Å². The molecular weight excluding hydrogens is 458 g/mol. The number of thiazole rings is 2. The van der Waals surface area contributed by atoms with Crippen LogP contribution < -0.4 is 5.32 Å². The van der Waals surface area contributed by atoms with Crippen LogP contribution in [0.5, 0.6) is 0 Å². The molecule has 1 aromatic carbocycles. The maximum Gasteiger partial charge on any atom is 0.272 e. The molecule has 5 rings (SSSR count). The molecule has 0 fully saturated rings. The van der Waals surface area contributed by atoms with Crippen LogP contribution in [-0.2, 0) is 6.54 Å². The van der Waals surface area contributed by atoms with Gasteiger partial charge in [-0.2, -0.15) is 20.5 Å². The fourth-order valence-corrected chi connectivity index (χ4v) is 4.99. The van der Waals surface area contributed by atoms with Gasteiger partial charge < -0.3 is 5.32 Å². The van der Waals surface area contributed by atoms with Crippen LogP contribution in [0.15, 0.2) is 29.8 Å². The lowest BCUT2D eigenvalue weighted by molar-refractivity contribution is 0.0945. The number of halogens is 2. The van der Waals surface area contributed by atoms with Crippen molar-refractivity contribution in [1.82, 2.24) is 40.9 Å². The van der Waals surface area contributed by atoms with Crippen molar-refractivity contribution in [2.24, 2.45) is 0 Å². The minimum Gasteiger partial charge on any atom is -0.344 e. The first-order valence-electron chi connectivity index (χ1n) is 9.18. The Kier molecular flexibility index (Phi) is 5.11. The highest BCUT2D eigenvalue weighted by Gasteiger charge is 2.20. The zero-order valence-corrected chi connectivity index (χ0v) is 17.9. The number of hydrogen-bond donors (Lipinski definition) is 2. The number of nitrogens with zero attached hydrogens (tertiary/aromatic N) is 6. The molecule has 4 aromatic heterocycles. The third-order valence-electron chi connectivity index (χ3n) is 4.51. The van der Waals surface area contributed by atoms with Crippen molar-refractivity contribution in [3.63, 3.8) is 0 Å². The number of hydrogen-bond acceptors (Lipinski definition) is 9. The summed E-state index contributed by atoms with van der Waals surface area (Å²) in [5, 5.41) is 22.7. The number of aromatic amines is 1. The number of aromatic nitrogens is 7. The monoisotopic (exact) mass is 470 g/mol. The van der Waals surface area contributed by atoms with E-state index in [1.807, 2.05) is 6.92 Å². The third kappa shape index (κ3) is 3.61. The lowest BCUT2D eigenvalue weighted by Gasteiger charge is -2.01. The number of fused-ring (bicyclic) bond motifs is 1. The molecule has 1 amide bonds. The van der Waals surface area contributed by atoms with Crippen molar-refractivity contribution in [1.29, 1.82) is 0 Å². The van der Waals surface area contributed by atoms with Crippen LogP contribution >= 0.6 is 22.7 Å². The number of benzene rings is 1. The average molecular weight is 470 g/mol. The lowest BCUT2D eigenvalue weighted by atomic mass is 10.1. The molecule has 32 heavy (non-hydrogen) atoms. The predicted molar refractivity (Wildman–Crippen MR) is 114 cm³/mol. The standard InChI is InChI=1S/C19H12F2N8OS2/c1-8-17(32-13(24-8)6-22-18(30)11-3-2-4-23-26-11)19-25-12(7-31-19)9-5-10(20)15-16(14(9)21)28-29-27-15/h2-5,7H,6H2,1H3,(H,22,30)(H,27,28,29). The van der Waals surface area contributed by atoms with Crippen LogP contribution in [0.2, 0.25) is 0 Å². The van der Waals surface area contributed by atoms with Crippen LogP contribution in [-0.4, -0.2) is 41.5 Å². The zero-order valence-electron chi connectivity index (χ0n) is 16.3. The number of rotatable bonds is 5. The minimum absolute atomic E-state index is 0.00465. The SMILES string of the molecule is Cc1nc(CNC(=O)c2cccnn2)sc1-c1nc(-c2cc(F)c3n[nH]nc3c2F)cs1. The molecule has 9 nitrogen and oxygen atoms in total. The van der Waals surface area contributed by atoms with E-state index < -0.39 is 11.6 Å². The minimum atomic E-state index is -0.694. The van der Waals surface area contributed by atoms with E-state index >= 15 is 0 Å². The van der Waals surface area contributed by atoms with Gasteiger partial charge in [0.15, 0.2) is 28.4 Å². The fraction of sp³-hybridized carbons (Fsp3) is 0.105. The maximum atomic E-state index is 14.8. The van der Waals surface area contributed by atoms with Crippen molar-refractivity contribution in [3.8, 4) is 21.1 Å². The zero-order chi connectivity index (χ0) is 22.2. The summed E-state index contributed by atoms with van der Waals surface area (Å²) in [6.07, 6.45) is 1.49. The van der Waals surface area contributed by atoms with Crippen molar-refractivity contribution < 1.29 is 13.6 Å². The molecular formula is C19H12F2N8OS2. The van der Waals surface area contributed by atoms with Crippen LogP contribution in [0.4, 0.5) is 8.78 Å². The Morgan fingerprint density at radius 2 is 2.06 bits per heavy atom. The first-order valence-corrected chi connectivity index (χ1v) is 10.9. The van der Waals surface area contributed by atoms with Gasteiger partial charge in [0.2, 0.25) is 0 Å². The second kappa shape index (κ2) is 8.09. The van der Waals surface area contributed by atoms with Crippen LogP contribution in [0.25, 0.3) is 32.2 Å². The van der Waals surface area contributed by atoms with Crippen LogP contribution in [0.3, 0.4) is 0 Å². The number of aryl methyl sites for hydroxylation is 1. The first-order chi connectivity index (χ1) is 15.5. The fourth-order valence-electron chi connectivity index (χ4n) is 3.02. The van der Waals surface area contributed by atoms with Gasteiger partial charge in [-0.25, -0.2) is 18.7 Å². The molecule has 0 aliphatic heterocycles. The molecule has 0 saturated carbocycles. The van der Waals surface area contributed by atoms with Gasteiger partial charge in [-0.3, -0.25) is 4.79 Å². The highest BCUT2D eigenvalue weighted by Crippen LogP contribution is 2.36. The Bertz CT molecular complexity index is 1450. The molecule has 0 bridgehead atoms. The Balaban J connectivity index is 1.39. The second-order valence-corrected chi connectivity index (χ2v) is 8.53. The Hall–Kier alpha value is -3.71. The summed E-state index contributed by atoms with van der Waals surface area (Å²) >= 11 is 2.65. The van der Waals surface area contributed by atoms with Crippen molar-refractivity contribution in [2.45, 2.75) is 13.5 Å². The summed E-state index contributed by atoms with van der Waals surface area (Å²) in [5.41, 5.74) is 0.890. The Morgan fingerprint density at radius 1 is 1.22 bits per heavy atom. The molecule has 0 spiro atoms. The van der Waals surface area contributed by atoms with Gasteiger partial charge in [0.05, 0.1) is 22.8 Å². The van der Waals surface area contributed by atoms with E-state index in [4.69, 9.17) is 0 Å². The molecule has 0 atom stereocenters. The smallest absolute Gasteiger partial charge is 0.272 e. The summed E-state index contributed by atoms with van der Waals surface area (Å²) in [5.74, 6) is -1.74. The van der Waals surface area contributed by atoms with E-state index in [0.717, 1.165) is 16.6 Å². The van der Waals surface area contributed by atoms with Gasteiger partial charge in [0.1, 0.15) is 10.0 Å². The summed E-state index contributed by atoms with van der Waals surface area (Å²) in [6, 6.07) is 4.25. The molecule has 4 heterocycles. The molecule has 2 N–H and O–H groups in total. The predicted octanol–water partition coefficient (Wildman–Crippen LogP) is 3.51. The molecule has 0 radical (unpaired) electrons. The van der Waals surface area contributed by atoms with E-state index in [1.165, 1.54) is 28.9 Å². The number of amides is 1. The third-order valence-corrected chi connectivity index (χ3v) is 6.66. The van der Waals surface area contributed by atoms with Crippen molar-refractivity contribution in [3.05, 3.63) is 57.8 Å². The van der Waals surface area contributed by atoms with E-state index in [-0.39, 0.29) is 40.4 Å². The normalized spacial score (nSPS) is 11.2. The Morgan fingerprint density at radius 3 is 2.88 bits per heavy atom. The molecule has 160 valence electrons. The average Bonchev–Trinajstić information content (AvgIpc) is 3.55. The molecule has 0 saturated heterocycles. The van der Waals surface area contributed by atoms with Crippen LogP contribution in [0.1, 0.15) is 21.2 Å². The summed E-state index contributed by atoms with van der Waals surface area (Å²) in [6.45, 7) is 2.03. The molecule has 0 aliphatic rings. The topological polar surface area (TPSA) is 122 Å². The van der Waals surface area contributed by atoms with E-state index in [0.29, 0.717) is 10.0 Å². The molecule has 0 aliphatic carbocycles. The summed E-state index contributed by atoms with van der Waals surface area (Å²) < 4.78 is 29.0. The van der Waals surface area contributed by atoms with Crippen molar-refractivity contribution in [2.75, 3.05) is 0 Å². The second-order valence-electron chi connectivity index (χ2n) is 6.59. The van der Waals surface area contributed by atoms with E-state index in [1.54, 1.807) is 17.5 Å². The van der Waals surface area contributed by atoms with Crippen molar-refractivity contribution >= 4 is 39.6 Å². The van der Waals surface area contributed by atoms with E-state index in [9.17, 15) is 13.6 Å². The number of carbonyl (C=O) groups is 1. The highest BCUT2D eigenvalue weighted by molar-refractivity contribution is 7.21. The Labute approximate surface area is 186 Å². The van der Waals surface area contributed by atoms with Gasteiger partial charge in [-0.05, 0) is 25.1 Å². The quantitative estimate of drug-likeness (QED) is 0.403. The first kappa shape index (κ1) is 20.2. The van der Waals surface area contributed by atoms with Gasteiger partial charge in [-0.15, -0.1) is 27.8 Å². The summed E-state index contributed by atoms with van der Waals surface area (Å²) in [4.78, 5) is 21.9. The largest absolute Gasteiger partial charge is 0.344 e. The van der Waals surface area contributed by atoms with E-state index in [2.05, 4.69) is 40.9 Å². The molecule has 0 unspecified atom stereocenters. The number of carbonyl (C=O) groups excluding carboxylic acids is 1. The summed E-state index contributed by atoms with van der Waals surface area (Å²) in [7, 11) is 0. The molecule has 13 heteroatoms. The van der Waals surface area contributed by atoms with Gasteiger partial charge in [0.25, 0.3) is 5.91 Å². The number of nitrogens with one attached hydrogen (secondary N) is 2. The number of H-pyrrole nitrogens is 1. The maximum absolute atomic E-state index is 14.8.